The van der Waals surface area contributed by atoms with Crippen LogP contribution in [-0.2, 0) is 7.05 Å². The zero-order chi connectivity index (χ0) is 20.5. The monoisotopic (exact) mass is 448 g/mol. The quantitative estimate of drug-likeness (QED) is 0.711. The maximum Gasteiger partial charge on any atom is 0.229 e. The molecule has 5 rings (SSSR count). The number of halogens is 1. The minimum absolute atomic E-state index is 0. The van der Waals surface area contributed by atoms with E-state index in [4.69, 9.17) is 9.97 Å². The molecule has 0 aromatic carbocycles. The highest BCUT2D eigenvalue weighted by molar-refractivity contribution is 5.88. The first-order chi connectivity index (χ1) is 14.7. The van der Waals surface area contributed by atoms with E-state index < -0.39 is 0 Å². The Bertz CT molecular complexity index is 849. The fourth-order valence-electron chi connectivity index (χ4n) is 5.37. The molecule has 0 unspecified atom stereocenters. The topological polar surface area (TPSA) is 56.6 Å². The second-order valence-corrected chi connectivity index (χ2v) is 9.09. The molecule has 0 saturated carbocycles. The van der Waals surface area contributed by atoms with Crippen LogP contribution in [0.4, 0.5) is 11.8 Å². The lowest BCUT2D eigenvalue weighted by Crippen LogP contribution is -2.48. The summed E-state index contributed by atoms with van der Waals surface area (Å²) in [5.74, 6) is 1.95. The number of fused-ring (bicyclic) bond motifs is 1. The first-order valence-electron chi connectivity index (χ1n) is 11.9. The Hall–Kier alpha value is -1.64. The first kappa shape index (κ1) is 22.6. The molecule has 9 heteroatoms. The van der Waals surface area contributed by atoms with E-state index in [2.05, 4.69) is 31.6 Å². The standard InChI is InChI=1S/C22H36N8.ClH/c1-3-27-13-15-29(16-14-27)21-19-17-23-26(2)20(19)24-22(25-21)30-11-7-18(8-12-30)28-9-5-4-6-10-28;/h17-18H,3-16H2,1-2H3;1H. The van der Waals surface area contributed by atoms with Gasteiger partial charge in [-0.1, -0.05) is 13.3 Å². The van der Waals surface area contributed by atoms with Crippen LogP contribution in [0.15, 0.2) is 6.20 Å². The lowest BCUT2D eigenvalue weighted by molar-refractivity contribution is 0.141. The van der Waals surface area contributed by atoms with E-state index in [1.807, 2.05) is 17.9 Å². The van der Waals surface area contributed by atoms with Gasteiger partial charge in [-0.15, -0.1) is 12.4 Å². The smallest absolute Gasteiger partial charge is 0.229 e. The third-order valence-corrected chi connectivity index (χ3v) is 7.33. The van der Waals surface area contributed by atoms with Crippen molar-refractivity contribution in [2.45, 2.75) is 45.1 Å². The lowest BCUT2D eigenvalue weighted by Gasteiger charge is -2.40. The van der Waals surface area contributed by atoms with Crippen LogP contribution < -0.4 is 9.80 Å². The minimum atomic E-state index is 0. The van der Waals surface area contributed by atoms with Crippen molar-refractivity contribution in [3.05, 3.63) is 6.20 Å². The molecule has 0 bridgehead atoms. The molecule has 0 amide bonds. The second kappa shape index (κ2) is 9.88. The van der Waals surface area contributed by atoms with Gasteiger partial charge in [0, 0.05) is 52.4 Å². The summed E-state index contributed by atoms with van der Waals surface area (Å²) in [6, 6.07) is 0.739. The summed E-state index contributed by atoms with van der Waals surface area (Å²) in [5.41, 5.74) is 0.950. The Morgan fingerprint density at radius 3 is 2.26 bits per heavy atom. The Labute approximate surface area is 192 Å². The van der Waals surface area contributed by atoms with Crippen molar-refractivity contribution in [1.29, 1.82) is 0 Å². The minimum Gasteiger partial charge on any atom is -0.353 e. The van der Waals surface area contributed by atoms with Gasteiger partial charge < -0.3 is 19.6 Å². The largest absolute Gasteiger partial charge is 0.353 e. The maximum atomic E-state index is 5.11. The molecule has 3 aliphatic heterocycles. The highest BCUT2D eigenvalue weighted by Crippen LogP contribution is 2.29. The summed E-state index contributed by atoms with van der Waals surface area (Å²) in [6.07, 6.45) is 8.52. The van der Waals surface area contributed by atoms with Gasteiger partial charge in [0.05, 0.1) is 11.6 Å². The number of nitrogens with zero attached hydrogens (tertiary/aromatic N) is 8. The van der Waals surface area contributed by atoms with Crippen LogP contribution >= 0.6 is 12.4 Å². The third kappa shape index (κ3) is 4.61. The molecule has 3 saturated heterocycles. The van der Waals surface area contributed by atoms with Crippen LogP contribution in [0.2, 0.25) is 0 Å². The van der Waals surface area contributed by atoms with E-state index in [1.165, 1.54) is 45.2 Å². The third-order valence-electron chi connectivity index (χ3n) is 7.33. The van der Waals surface area contributed by atoms with Gasteiger partial charge in [-0.3, -0.25) is 4.68 Å². The molecule has 31 heavy (non-hydrogen) atoms. The van der Waals surface area contributed by atoms with Crippen LogP contribution in [0, 0.1) is 0 Å². The second-order valence-electron chi connectivity index (χ2n) is 9.09. The van der Waals surface area contributed by atoms with Gasteiger partial charge in [0.25, 0.3) is 0 Å². The van der Waals surface area contributed by atoms with Crippen molar-refractivity contribution in [2.24, 2.45) is 7.05 Å². The fraction of sp³-hybridized carbons (Fsp3) is 0.773. The normalized spacial score (nSPS) is 22.1. The fourth-order valence-corrected chi connectivity index (χ4v) is 5.37. The molecule has 0 atom stereocenters. The van der Waals surface area contributed by atoms with E-state index >= 15 is 0 Å². The number of piperazine rings is 1. The summed E-state index contributed by atoms with van der Waals surface area (Å²) in [4.78, 5) is 20.1. The molecular formula is C22H37ClN8. The van der Waals surface area contributed by atoms with E-state index in [0.29, 0.717) is 0 Å². The average molecular weight is 449 g/mol. The molecule has 3 fully saturated rings. The number of hydrogen-bond acceptors (Lipinski definition) is 7. The molecule has 5 heterocycles. The number of piperidine rings is 2. The Balaban J connectivity index is 0.00000231. The SMILES string of the molecule is CCN1CCN(c2nc(N3CCC(N4CCCCC4)CC3)nc3c2cnn3C)CC1.Cl. The number of likely N-dealkylation sites (tertiary alicyclic amines) is 1. The lowest BCUT2D eigenvalue weighted by atomic mass is 10.0. The number of aromatic nitrogens is 4. The van der Waals surface area contributed by atoms with Gasteiger partial charge in [0.2, 0.25) is 5.95 Å². The van der Waals surface area contributed by atoms with Crippen molar-refractivity contribution < 1.29 is 0 Å². The summed E-state index contributed by atoms with van der Waals surface area (Å²) in [6.45, 7) is 12.3. The van der Waals surface area contributed by atoms with Gasteiger partial charge in [0.1, 0.15) is 5.82 Å². The Morgan fingerprint density at radius 1 is 0.871 bits per heavy atom. The maximum absolute atomic E-state index is 5.11. The van der Waals surface area contributed by atoms with E-state index in [-0.39, 0.29) is 12.4 Å². The zero-order valence-electron chi connectivity index (χ0n) is 19.0. The van der Waals surface area contributed by atoms with Crippen LogP contribution in [0.1, 0.15) is 39.0 Å². The molecule has 0 N–H and O–H groups in total. The number of hydrogen-bond donors (Lipinski definition) is 0. The van der Waals surface area contributed by atoms with Crippen LogP contribution in [0.5, 0.6) is 0 Å². The molecule has 0 radical (unpaired) electrons. The first-order valence-corrected chi connectivity index (χ1v) is 11.9. The molecule has 3 aliphatic rings. The number of aryl methyl sites for hydroxylation is 1. The van der Waals surface area contributed by atoms with Crippen LogP contribution in [0.25, 0.3) is 11.0 Å². The van der Waals surface area contributed by atoms with Crippen molar-refractivity contribution in [1.82, 2.24) is 29.5 Å². The highest BCUT2D eigenvalue weighted by atomic mass is 35.5. The summed E-state index contributed by atoms with van der Waals surface area (Å²) in [7, 11) is 1.99. The van der Waals surface area contributed by atoms with Crippen LogP contribution in [0.3, 0.4) is 0 Å². The predicted molar refractivity (Wildman–Crippen MR) is 129 cm³/mol. The highest BCUT2D eigenvalue weighted by Gasteiger charge is 2.28. The Kier molecular flexibility index (Phi) is 7.19. The van der Waals surface area contributed by atoms with Gasteiger partial charge >= 0.3 is 0 Å². The van der Waals surface area contributed by atoms with Gasteiger partial charge in [-0.05, 0) is 45.3 Å². The number of rotatable bonds is 4. The molecule has 2 aromatic heterocycles. The summed E-state index contributed by atoms with van der Waals surface area (Å²) < 4.78 is 1.90. The molecule has 172 valence electrons. The number of anilines is 2. The van der Waals surface area contributed by atoms with E-state index in [0.717, 1.165) is 74.7 Å². The molecule has 8 nitrogen and oxygen atoms in total. The van der Waals surface area contributed by atoms with Crippen molar-refractivity contribution in [3.63, 3.8) is 0 Å². The van der Waals surface area contributed by atoms with Crippen molar-refractivity contribution >= 4 is 35.2 Å². The summed E-state index contributed by atoms with van der Waals surface area (Å²) in [5, 5.41) is 5.57. The van der Waals surface area contributed by atoms with Crippen LogP contribution in [-0.4, -0.2) is 94.5 Å². The Morgan fingerprint density at radius 2 is 1.58 bits per heavy atom. The molecular weight excluding hydrogens is 412 g/mol. The molecule has 2 aromatic rings. The number of likely N-dealkylation sites (N-methyl/N-ethyl adjacent to an activating group) is 1. The molecule has 0 spiro atoms. The van der Waals surface area contributed by atoms with E-state index in [1.54, 1.807) is 0 Å². The van der Waals surface area contributed by atoms with Gasteiger partial charge in [0.15, 0.2) is 5.65 Å². The van der Waals surface area contributed by atoms with Crippen molar-refractivity contribution in [3.8, 4) is 0 Å². The molecule has 0 aliphatic carbocycles. The summed E-state index contributed by atoms with van der Waals surface area (Å²) >= 11 is 0. The average Bonchev–Trinajstić information content (AvgIpc) is 3.20. The predicted octanol–water partition coefficient (Wildman–Crippen LogP) is 2.38. The zero-order valence-corrected chi connectivity index (χ0v) is 19.9. The van der Waals surface area contributed by atoms with E-state index in [9.17, 15) is 0 Å². The van der Waals surface area contributed by atoms with Gasteiger partial charge in [-0.25, -0.2) is 0 Å². The van der Waals surface area contributed by atoms with Gasteiger partial charge in [-0.2, -0.15) is 15.1 Å². The van der Waals surface area contributed by atoms with Crippen molar-refractivity contribution in [2.75, 3.05) is 68.7 Å².